The Kier molecular flexibility index (Phi) is 6.77. The molecule has 0 aliphatic carbocycles. The first-order valence-electron chi connectivity index (χ1n) is 7.63. The van der Waals surface area contributed by atoms with Crippen molar-refractivity contribution in [3.05, 3.63) is 29.3 Å². The smallest absolute Gasteiger partial charge is 0.241 e. The van der Waals surface area contributed by atoms with Crippen LogP contribution in [0.1, 0.15) is 11.1 Å². The van der Waals surface area contributed by atoms with Crippen molar-refractivity contribution in [1.82, 2.24) is 20.4 Å². The van der Waals surface area contributed by atoms with Gasteiger partial charge < -0.3 is 15.5 Å². The average molecular weight is 380 g/mol. The Hall–Kier alpha value is -2.13. The van der Waals surface area contributed by atoms with Gasteiger partial charge in [-0.3, -0.25) is 9.59 Å². The van der Waals surface area contributed by atoms with Gasteiger partial charge in [0.1, 0.15) is 0 Å². The first-order chi connectivity index (χ1) is 11.9. The number of likely N-dealkylation sites (N-methyl/N-ethyl adjacent to an activating group) is 1. The van der Waals surface area contributed by atoms with Crippen LogP contribution in [0.3, 0.4) is 0 Å². The number of aromatic nitrogens is 2. The van der Waals surface area contributed by atoms with Gasteiger partial charge in [0.25, 0.3) is 0 Å². The number of hydrogen-bond acceptors (Lipinski definition) is 7. The van der Waals surface area contributed by atoms with Crippen LogP contribution in [0.5, 0.6) is 0 Å². The third-order valence-corrected chi connectivity index (χ3v) is 5.49. The van der Waals surface area contributed by atoms with Crippen LogP contribution in [0.4, 0.5) is 10.8 Å². The van der Waals surface area contributed by atoms with E-state index in [0.717, 1.165) is 11.3 Å². The Morgan fingerprint density at radius 2 is 2.00 bits per heavy atom. The fourth-order valence-electron chi connectivity index (χ4n) is 1.83. The summed E-state index contributed by atoms with van der Waals surface area (Å²) in [4.78, 5) is 24.6. The van der Waals surface area contributed by atoms with Crippen molar-refractivity contribution < 1.29 is 9.59 Å². The van der Waals surface area contributed by atoms with Gasteiger partial charge >= 0.3 is 0 Å². The standard InChI is InChI=1S/C16H21N5O2S2/c1-10-6-5-7-12(11(10)2)18-15-19-20-16(25-15)24-9-13(22)17-8-14(23)21(3)4/h5-7H,8-9H2,1-4H3,(H,17,22)(H,18,19). The van der Waals surface area contributed by atoms with Crippen molar-refractivity contribution in [2.45, 2.75) is 18.2 Å². The minimum atomic E-state index is -0.209. The maximum absolute atomic E-state index is 11.8. The molecule has 2 amide bonds. The number of hydrogen-bond donors (Lipinski definition) is 2. The van der Waals surface area contributed by atoms with Crippen LogP contribution in [0.15, 0.2) is 22.5 Å². The number of thioether (sulfide) groups is 1. The summed E-state index contributed by atoms with van der Waals surface area (Å²) >= 11 is 2.68. The molecule has 9 heteroatoms. The topological polar surface area (TPSA) is 87.2 Å². The maximum atomic E-state index is 11.8. The number of carbonyl (C=O) groups is 2. The molecule has 2 N–H and O–H groups in total. The van der Waals surface area contributed by atoms with E-state index >= 15 is 0 Å². The van der Waals surface area contributed by atoms with Crippen LogP contribution in [0.2, 0.25) is 0 Å². The Morgan fingerprint density at radius 1 is 1.24 bits per heavy atom. The second-order valence-corrected chi connectivity index (χ2v) is 7.80. The van der Waals surface area contributed by atoms with Crippen LogP contribution in [-0.2, 0) is 9.59 Å². The lowest BCUT2D eigenvalue weighted by atomic mass is 10.1. The number of rotatable bonds is 7. The Balaban J connectivity index is 1.84. The first-order valence-corrected chi connectivity index (χ1v) is 9.43. The molecule has 134 valence electrons. The fraction of sp³-hybridized carbons (Fsp3) is 0.375. The van der Waals surface area contributed by atoms with Crippen molar-refractivity contribution in [1.29, 1.82) is 0 Å². The highest BCUT2D eigenvalue weighted by Crippen LogP contribution is 2.29. The monoisotopic (exact) mass is 379 g/mol. The molecule has 7 nitrogen and oxygen atoms in total. The zero-order valence-corrected chi connectivity index (χ0v) is 16.3. The molecule has 2 rings (SSSR count). The van der Waals surface area contributed by atoms with Gasteiger partial charge in [0.05, 0.1) is 12.3 Å². The molecule has 0 atom stereocenters. The molecule has 2 aromatic rings. The molecule has 0 saturated heterocycles. The summed E-state index contributed by atoms with van der Waals surface area (Å²) in [7, 11) is 3.30. The molecule has 1 aromatic carbocycles. The van der Waals surface area contributed by atoms with Crippen molar-refractivity contribution in [3.63, 3.8) is 0 Å². The van der Waals surface area contributed by atoms with E-state index in [1.807, 2.05) is 19.1 Å². The molecule has 0 aliphatic rings. The number of amides is 2. The second kappa shape index (κ2) is 8.82. The van der Waals surface area contributed by atoms with E-state index in [1.54, 1.807) is 14.1 Å². The van der Waals surface area contributed by atoms with E-state index in [1.165, 1.54) is 33.6 Å². The molecular formula is C16H21N5O2S2. The summed E-state index contributed by atoms with van der Waals surface area (Å²) in [5.74, 6) is -0.160. The molecule has 0 bridgehead atoms. The van der Waals surface area contributed by atoms with Crippen LogP contribution >= 0.6 is 23.1 Å². The van der Waals surface area contributed by atoms with Gasteiger partial charge in [-0.25, -0.2) is 0 Å². The van der Waals surface area contributed by atoms with Gasteiger partial charge in [-0.05, 0) is 31.0 Å². The van der Waals surface area contributed by atoms with E-state index in [-0.39, 0.29) is 24.1 Å². The molecule has 0 unspecified atom stereocenters. The van der Waals surface area contributed by atoms with Gasteiger partial charge in [-0.1, -0.05) is 35.2 Å². The molecule has 0 spiro atoms. The Bertz CT molecular complexity index is 761. The lowest BCUT2D eigenvalue weighted by Crippen LogP contribution is -2.36. The summed E-state index contributed by atoms with van der Waals surface area (Å²) in [5.41, 5.74) is 3.36. The Labute approximate surface area is 155 Å². The van der Waals surface area contributed by atoms with E-state index in [4.69, 9.17) is 0 Å². The molecule has 0 radical (unpaired) electrons. The van der Waals surface area contributed by atoms with Crippen LogP contribution in [0.25, 0.3) is 0 Å². The van der Waals surface area contributed by atoms with E-state index < -0.39 is 0 Å². The highest BCUT2D eigenvalue weighted by atomic mass is 32.2. The highest BCUT2D eigenvalue weighted by molar-refractivity contribution is 8.01. The van der Waals surface area contributed by atoms with Gasteiger partial charge in [0, 0.05) is 19.8 Å². The van der Waals surface area contributed by atoms with Crippen molar-refractivity contribution in [3.8, 4) is 0 Å². The SMILES string of the molecule is Cc1cccc(Nc2nnc(SCC(=O)NCC(=O)N(C)C)s2)c1C. The largest absolute Gasteiger partial charge is 0.347 e. The lowest BCUT2D eigenvalue weighted by Gasteiger charge is -2.10. The second-order valence-electron chi connectivity index (χ2n) is 5.60. The van der Waals surface area contributed by atoms with Gasteiger partial charge in [0.2, 0.25) is 16.9 Å². The van der Waals surface area contributed by atoms with E-state index in [0.29, 0.717) is 9.47 Å². The molecular weight excluding hydrogens is 358 g/mol. The van der Waals surface area contributed by atoms with Gasteiger partial charge in [0.15, 0.2) is 4.34 Å². The quantitative estimate of drug-likeness (QED) is 0.717. The van der Waals surface area contributed by atoms with Crippen LogP contribution in [0, 0.1) is 13.8 Å². The zero-order valence-electron chi connectivity index (χ0n) is 14.6. The average Bonchev–Trinajstić information content (AvgIpc) is 3.02. The van der Waals surface area contributed by atoms with Gasteiger partial charge in [-0.2, -0.15) is 0 Å². The summed E-state index contributed by atoms with van der Waals surface area (Å²) in [6, 6.07) is 6.04. The predicted molar refractivity (Wildman–Crippen MR) is 102 cm³/mol. The van der Waals surface area contributed by atoms with Crippen molar-refractivity contribution in [2.75, 3.05) is 31.7 Å². The van der Waals surface area contributed by atoms with Crippen LogP contribution in [-0.4, -0.2) is 53.3 Å². The number of nitrogens with zero attached hydrogens (tertiary/aromatic N) is 3. The molecule has 0 fully saturated rings. The molecule has 1 aromatic heterocycles. The Morgan fingerprint density at radius 3 is 2.72 bits per heavy atom. The number of aryl methyl sites for hydroxylation is 1. The third kappa shape index (κ3) is 5.71. The lowest BCUT2D eigenvalue weighted by molar-refractivity contribution is -0.130. The summed E-state index contributed by atoms with van der Waals surface area (Å²) < 4.78 is 0.696. The first kappa shape index (κ1) is 19.2. The van der Waals surface area contributed by atoms with Crippen molar-refractivity contribution >= 4 is 45.7 Å². The summed E-state index contributed by atoms with van der Waals surface area (Å²) in [6.07, 6.45) is 0. The van der Waals surface area contributed by atoms with E-state index in [2.05, 4.69) is 33.8 Å². The maximum Gasteiger partial charge on any atom is 0.241 e. The van der Waals surface area contributed by atoms with E-state index in [9.17, 15) is 9.59 Å². The number of anilines is 2. The minimum Gasteiger partial charge on any atom is -0.347 e. The normalized spacial score (nSPS) is 10.4. The molecule has 25 heavy (non-hydrogen) atoms. The number of carbonyl (C=O) groups excluding carboxylic acids is 2. The molecule has 1 heterocycles. The fourth-order valence-corrected chi connectivity index (χ4v) is 3.43. The predicted octanol–water partition coefficient (Wildman–Crippen LogP) is 2.20. The zero-order chi connectivity index (χ0) is 18.4. The third-order valence-electron chi connectivity index (χ3n) is 3.52. The number of nitrogens with one attached hydrogen (secondary N) is 2. The summed E-state index contributed by atoms with van der Waals surface area (Å²) in [5, 5.41) is 14.7. The van der Waals surface area contributed by atoms with Crippen molar-refractivity contribution in [2.24, 2.45) is 0 Å². The minimum absolute atomic E-state index is 0.00194. The van der Waals surface area contributed by atoms with Crippen LogP contribution < -0.4 is 10.6 Å². The molecule has 0 aliphatic heterocycles. The van der Waals surface area contributed by atoms with Gasteiger partial charge in [-0.15, -0.1) is 10.2 Å². The highest BCUT2D eigenvalue weighted by Gasteiger charge is 2.11. The summed E-state index contributed by atoms with van der Waals surface area (Å²) in [6.45, 7) is 4.11. The number of benzene rings is 1. The molecule has 0 saturated carbocycles.